The first-order chi connectivity index (χ1) is 11.6. The van der Waals surface area contributed by atoms with Crippen molar-refractivity contribution >= 4 is 44.6 Å². The summed E-state index contributed by atoms with van der Waals surface area (Å²) in [7, 11) is 0. The molecule has 0 spiro atoms. The zero-order valence-corrected chi connectivity index (χ0v) is 15.8. The number of fused-ring (bicyclic) bond motifs is 1. The molecule has 24 heavy (non-hydrogen) atoms. The number of hydrogen-bond donors (Lipinski definition) is 2. The van der Waals surface area contributed by atoms with Crippen LogP contribution >= 0.6 is 23.6 Å². The number of rotatable bonds is 4. The summed E-state index contributed by atoms with van der Waals surface area (Å²) < 4.78 is 1.19. The molecule has 1 aromatic carbocycles. The van der Waals surface area contributed by atoms with Gasteiger partial charge in [-0.3, -0.25) is 4.90 Å². The minimum atomic E-state index is 0.218. The van der Waals surface area contributed by atoms with Gasteiger partial charge >= 0.3 is 0 Å². The van der Waals surface area contributed by atoms with Gasteiger partial charge in [0.25, 0.3) is 0 Å². The summed E-state index contributed by atoms with van der Waals surface area (Å²) in [5.41, 5.74) is 2.07. The van der Waals surface area contributed by atoms with Gasteiger partial charge in [-0.1, -0.05) is 13.8 Å². The van der Waals surface area contributed by atoms with E-state index in [1.807, 2.05) is 6.07 Å². The predicted molar refractivity (Wildman–Crippen MR) is 105 cm³/mol. The van der Waals surface area contributed by atoms with Crippen molar-refractivity contribution in [1.82, 2.24) is 14.8 Å². The Kier molecular flexibility index (Phi) is 5.65. The zero-order chi connectivity index (χ0) is 17.1. The maximum Gasteiger partial charge on any atom is 0.173 e. The Hall–Kier alpha value is -1.28. The van der Waals surface area contributed by atoms with Crippen LogP contribution in [0, 0.1) is 0 Å². The number of anilines is 1. The van der Waals surface area contributed by atoms with E-state index in [1.165, 1.54) is 9.71 Å². The Balaban J connectivity index is 1.63. The molecule has 5 nitrogen and oxygen atoms in total. The van der Waals surface area contributed by atoms with Crippen molar-refractivity contribution in [3.8, 4) is 0 Å². The maximum absolute atomic E-state index is 9.01. The van der Waals surface area contributed by atoms with Crippen LogP contribution in [0.25, 0.3) is 10.2 Å². The quantitative estimate of drug-likeness (QED) is 0.814. The maximum atomic E-state index is 9.01. The molecule has 1 fully saturated rings. The molecule has 0 radical (unpaired) electrons. The Bertz CT molecular complexity index is 708. The van der Waals surface area contributed by atoms with Crippen LogP contribution in [0.15, 0.2) is 18.2 Å². The summed E-state index contributed by atoms with van der Waals surface area (Å²) in [4.78, 5) is 9.12. The van der Waals surface area contributed by atoms with Crippen molar-refractivity contribution in [2.75, 3.05) is 44.6 Å². The highest BCUT2D eigenvalue weighted by Crippen LogP contribution is 2.29. The number of aliphatic hydroxyl groups excluding tert-OH is 1. The van der Waals surface area contributed by atoms with Crippen LogP contribution in [0.2, 0.25) is 0 Å². The fourth-order valence-electron chi connectivity index (χ4n) is 2.79. The predicted octanol–water partition coefficient (Wildman–Crippen LogP) is 2.73. The fraction of sp³-hybridized carbons (Fsp3) is 0.529. The van der Waals surface area contributed by atoms with Crippen LogP contribution in [0.3, 0.4) is 0 Å². The number of nitrogens with one attached hydrogen (secondary N) is 1. The fourth-order valence-corrected chi connectivity index (χ4v) is 4.10. The number of thiazole rings is 1. The van der Waals surface area contributed by atoms with Gasteiger partial charge in [-0.05, 0) is 30.4 Å². The number of aliphatic hydroxyl groups is 1. The van der Waals surface area contributed by atoms with Crippen molar-refractivity contribution in [1.29, 1.82) is 0 Å². The molecule has 1 aliphatic rings. The SMILES string of the molecule is CC(C)c1nc2ccc(NC(=S)N3CCN(CCO)CC3)cc2s1. The second-order valence-corrected chi connectivity index (χ2v) is 7.82. The number of β-amino-alcohol motifs (C(OH)–C–C–N with tert-alkyl or cyclic N) is 1. The lowest BCUT2D eigenvalue weighted by Crippen LogP contribution is -2.50. The molecule has 130 valence electrons. The number of aromatic nitrogens is 1. The molecule has 1 aromatic heterocycles. The van der Waals surface area contributed by atoms with Crippen LogP contribution in [-0.4, -0.2) is 64.3 Å². The molecule has 0 unspecified atom stereocenters. The lowest BCUT2D eigenvalue weighted by molar-refractivity contribution is 0.148. The van der Waals surface area contributed by atoms with Gasteiger partial charge in [0.05, 0.1) is 21.8 Å². The number of benzene rings is 1. The molecule has 7 heteroatoms. The Morgan fingerprint density at radius 1 is 1.33 bits per heavy atom. The third kappa shape index (κ3) is 4.03. The van der Waals surface area contributed by atoms with E-state index < -0.39 is 0 Å². The van der Waals surface area contributed by atoms with Gasteiger partial charge in [-0.25, -0.2) is 4.98 Å². The molecule has 1 aliphatic heterocycles. The molecule has 2 N–H and O–H groups in total. The largest absolute Gasteiger partial charge is 0.395 e. The number of nitrogens with zero attached hydrogens (tertiary/aromatic N) is 3. The topological polar surface area (TPSA) is 51.6 Å². The second kappa shape index (κ2) is 7.74. The summed E-state index contributed by atoms with van der Waals surface area (Å²) in [5, 5.41) is 14.3. The van der Waals surface area contributed by atoms with Crippen LogP contribution in [-0.2, 0) is 0 Å². The standard InChI is InChI=1S/C17H24N4OS2/c1-12(2)16-19-14-4-3-13(11-15(14)24-16)18-17(23)21-7-5-20(6-8-21)9-10-22/h3-4,11-12,22H,5-10H2,1-2H3,(H,18,23). The molecule has 0 bridgehead atoms. The van der Waals surface area contributed by atoms with Crippen LogP contribution in [0.5, 0.6) is 0 Å². The van der Waals surface area contributed by atoms with E-state index in [2.05, 4.69) is 46.1 Å². The van der Waals surface area contributed by atoms with E-state index in [-0.39, 0.29) is 6.61 Å². The van der Waals surface area contributed by atoms with E-state index in [9.17, 15) is 0 Å². The molecular weight excluding hydrogens is 340 g/mol. The monoisotopic (exact) mass is 364 g/mol. The van der Waals surface area contributed by atoms with E-state index >= 15 is 0 Å². The summed E-state index contributed by atoms with van der Waals surface area (Å²) in [6.07, 6.45) is 0. The summed E-state index contributed by atoms with van der Waals surface area (Å²) >= 11 is 7.31. The van der Waals surface area contributed by atoms with E-state index in [0.29, 0.717) is 5.92 Å². The molecule has 1 saturated heterocycles. The van der Waals surface area contributed by atoms with Gasteiger partial charge in [0.15, 0.2) is 5.11 Å². The number of hydrogen-bond acceptors (Lipinski definition) is 5. The summed E-state index contributed by atoms with van der Waals surface area (Å²) in [6.45, 7) is 8.97. The van der Waals surface area contributed by atoms with E-state index in [4.69, 9.17) is 17.3 Å². The zero-order valence-electron chi connectivity index (χ0n) is 14.2. The van der Waals surface area contributed by atoms with E-state index in [1.54, 1.807) is 11.3 Å². The average molecular weight is 365 g/mol. The van der Waals surface area contributed by atoms with Crippen molar-refractivity contribution < 1.29 is 5.11 Å². The third-order valence-electron chi connectivity index (χ3n) is 4.23. The lowest BCUT2D eigenvalue weighted by Gasteiger charge is -2.35. The third-order valence-corrected chi connectivity index (χ3v) is 5.90. The first kappa shape index (κ1) is 17.5. The minimum Gasteiger partial charge on any atom is -0.395 e. The molecule has 0 aliphatic carbocycles. The Morgan fingerprint density at radius 3 is 2.75 bits per heavy atom. The van der Waals surface area contributed by atoms with Gasteiger partial charge < -0.3 is 15.3 Å². The van der Waals surface area contributed by atoms with Crippen LogP contribution < -0.4 is 5.32 Å². The normalized spacial score (nSPS) is 16.1. The molecule has 2 aromatic rings. The molecule has 0 atom stereocenters. The van der Waals surface area contributed by atoms with Crippen molar-refractivity contribution in [3.05, 3.63) is 23.2 Å². The lowest BCUT2D eigenvalue weighted by atomic mass is 10.2. The van der Waals surface area contributed by atoms with Crippen LogP contribution in [0.1, 0.15) is 24.8 Å². The van der Waals surface area contributed by atoms with Gasteiger partial charge in [0, 0.05) is 44.3 Å². The number of thiocarbonyl (C=S) groups is 1. The average Bonchev–Trinajstić information content (AvgIpc) is 2.99. The molecule has 3 rings (SSSR count). The van der Waals surface area contributed by atoms with Crippen molar-refractivity contribution in [2.45, 2.75) is 19.8 Å². The summed E-state index contributed by atoms with van der Waals surface area (Å²) in [5.74, 6) is 0.454. The first-order valence-electron chi connectivity index (χ1n) is 8.36. The van der Waals surface area contributed by atoms with Gasteiger partial charge in [-0.2, -0.15) is 0 Å². The number of piperazine rings is 1. The Morgan fingerprint density at radius 2 is 2.08 bits per heavy atom. The second-order valence-electron chi connectivity index (χ2n) is 6.37. The van der Waals surface area contributed by atoms with Crippen LogP contribution in [0.4, 0.5) is 5.69 Å². The Labute approximate surface area is 152 Å². The van der Waals surface area contributed by atoms with Crippen molar-refractivity contribution in [2.24, 2.45) is 0 Å². The first-order valence-corrected chi connectivity index (χ1v) is 9.59. The van der Waals surface area contributed by atoms with Gasteiger partial charge in [0.1, 0.15) is 0 Å². The minimum absolute atomic E-state index is 0.218. The highest BCUT2D eigenvalue weighted by atomic mass is 32.1. The van der Waals surface area contributed by atoms with E-state index in [0.717, 1.165) is 49.0 Å². The van der Waals surface area contributed by atoms with Crippen molar-refractivity contribution in [3.63, 3.8) is 0 Å². The molecular formula is C17H24N4OS2. The highest BCUT2D eigenvalue weighted by Gasteiger charge is 2.18. The highest BCUT2D eigenvalue weighted by molar-refractivity contribution is 7.80. The van der Waals surface area contributed by atoms with Gasteiger partial charge in [0.2, 0.25) is 0 Å². The van der Waals surface area contributed by atoms with Gasteiger partial charge in [-0.15, -0.1) is 11.3 Å². The molecule has 0 saturated carbocycles. The molecule has 2 heterocycles. The summed E-state index contributed by atoms with van der Waals surface area (Å²) in [6, 6.07) is 6.23. The smallest absolute Gasteiger partial charge is 0.173 e. The molecule has 0 amide bonds.